The van der Waals surface area contributed by atoms with Gasteiger partial charge in [0.25, 0.3) is 0 Å². The van der Waals surface area contributed by atoms with Gasteiger partial charge in [0, 0.05) is 31.8 Å². The zero-order valence-electron chi connectivity index (χ0n) is 22.1. The lowest BCUT2D eigenvalue weighted by molar-refractivity contribution is -0.140. The monoisotopic (exact) mass is 462 g/mol. The minimum absolute atomic E-state index is 0.0411. The van der Waals surface area contributed by atoms with Crippen LogP contribution in [0.3, 0.4) is 0 Å². The van der Waals surface area contributed by atoms with Crippen LogP contribution in [-0.4, -0.2) is 83.3 Å². The van der Waals surface area contributed by atoms with Crippen molar-refractivity contribution in [3.63, 3.8) is 0 Å². The van der Waals surface area contributed by atoms with Gasteiger partial charge >= 0.3 is 0 Å². The minimum atomic E-state index is -0.598. The van der Waals surface area contributed by atoms with E-state index in [2.05, 4.69) is 37.9 Å². The molecular formula is C26H46N4O3. The highest BCUT2D eigenvalue weighted by atomic mass is 16.2. The summed E-state index contributed by atoms with van der Waals surface area (Å²) in [5, 5.41) is 3.09. The van der Waals surface area contributed by atoms with Gasteiger partial charge in [-0.05, 0) is 58.4 Å². The molecule has 0 aromatic heterocycles. The van der Waals surface area contributed by atoms with Crippen molar-refractivity contribution in [1.82, 2.24) is 20.0 Å². The molecule has 0 aromatic rings. The average molecular weight is 463 g/mol. The molecule has 0 spiro atoms. The molecule has 0 aliphatic carbocycles. The first-order valence-corrected chi connectivity index (χ1v) is 12.8. The third-order valence-corrected chi connectivity index (χ3v) is 7.12. The Hall–Kier alpha value is -1.89. The zero-order chi connectivity index (χ0) is 24.9. The summed E-state index contributed by atoms with van der Waals surface area (Å²) >= 11 is 0. The molecule has 2 aliphatic rings. The second kappa shape index (κ2) is 12.0. The van der Waals surface area contributed by atoms with Crippen LogP contribution in [0.25, 0.3) is 0 Å². The number of hydrogen-bond acceptors (Lipinski definition) is 4. The summed E-state index contributed by atoms with van der Waals surface area (Å²) in [6.07, 6.45) is 5.94. The molecule has 3 atom stereocenters. The van der Waals surface area contributed by atoms with Gasteiger partial charge in [0.2, 0.25) is 17.7 Å². The maximum atomic E-state index is 13.6. The smallest absolute Gasteiger partial charge is 0.249 e. The second-order valence-corrected chi connectivity index (χ2v) is 10.8. The number of nitrogens with one attached hydrogen (secondary N) is 1. The van der Waals surface area contributed by atoms with E-state index in [1.165, 1.54) is 0 Å². The average Bonchev–Trinajstić information content (AvgIpc) is 2.72. The molecule has 3 amide bonds. The molecule has 0 radical (unpaired) electrons. The second-order valence-electron chi connectivity index (χ2n) is 10.8. The van der Waals surface area contributed by atoms with Crippen molar-refractivity contribution in [3.05, 3.63) is 11.6 Å². The van der Waals surface area contributed by atoms with E-state index in [0.29, 0.717) is 11.6 Å². The molecule has 0 bridgehead atoms. The molecule has 0 aromatic carbocycles. The molecule has 2 rings (SSSR count). The summed E-state index contributed by atoms with van der Waals surface area (Å²) < 4.78 is 0. The Morgan fingerprint density at radius 2 is 1.58 bits per heavy atom. The highest BCUT2D eigenvalue weighted by Crippen LogP contribution is 2.22. The number of carbonyl (C=O) groups excluding carboxylic acids is 3. The van der Waals surface area contributed by atoms with Crippen LogP contribution in [0.1, 0.15) is 74.1 Å². The zero-order valence-corrected chi connectivity index (χ0v) is 22.1. The number of nitrogens with zero attached hydrogens (tertiary/aromatic N) is 3. The van der Waals surface area contributed by atoms with Crippen LogP contribution in [-0.2, 0) is 14.4 Å². The van der Waals surface area contributed by atoms with Crippen molar-refractivity contribution in [2.24, 2.45) is 11.8 Å². The molecule has 2 heterocycles. The summed E-state index contributed by atoms with van der Waals surface area (Å²) in [4.78, 5) is 45.3. The summed E-state index contributed by atoms with van der Waals surface area (Å²) in [7, 11) is 1.79. The van der Waals surface area contributed by atoms with Crippen LogP contribution in [0, 0.1) is 11.8 Å². The van der Waals surface area contributed by atoms with E-state index >= 15 is 0 Å². The summed E-state index contributed by atoms with van der Waals surface area (Å²) in [6.45, 7) is 16.6. The fourth-order valence-corrected chi connectivity index (χ4v) is 4.83. The molecule has 188 valence electrons. The Kier molecular flexibility index (Phi) is 9.95. The molecule has 2 aliphatic heterocycles. The Morgan fingerprint density at radius 1 is 0.939 bits per heavy atom. The van der Waals surface area contributed by atoms with Crippen LogP contribution >= 0.6 is 0 Å². The lowest BCUT2D eigenvalue weighted by atomic mass is 9.95. The van der Waals surface area contributed by atoms with Gasteiger partial charge in [-0.3, -0.25) is 19.3 Å². The molecule has 2 saturated heterocycles. The van der Waals surface area contributed by atoms with Crippen molar-refractivity contribution in [2.45, 2.75) is 98.3 Å². The van der Waals surface area contributed by atoms with Crippen molar-refractivity contribution in [1.29, 1.82) is 0 Å². The highest BCUT2D eigenvalue weighted by Gasteiger charge is 2.36. The first kappa shape index (κ1) is 27.4. The molecular weight excluding hydrogens is 416 g/mol. The van der Waals surface area contributed by atoms with Crippen LogP contribution in [0.2, 0.25) is 0 Å². The standard InChI is InChI=1S/C26H46N4O3/c1-17(2)22(16-20(7)25(32)29-13-11-14-29)28(8)26(33)23(18(3)4)27-24(31)21-12-9-10-15-30(21)19(5)6/h16-19,21-23H,9-15H2,1-8H3,(H,27,31)/b20-16+/t21?,22-,23?/m1/s1. The number of rotatable bonds is 9. The third kappa shape index (κ3) is 6.81. The fourth-order valence-electron chi connectivity index (χ4n) is 4.83. The number of amides is 3. The van der Waals surface area contributed by atoms with E-state index in [4.69, 9.17) is 0 Å². The minimum Gasteiger partial charge on any atom is -0.343 e. The quantitative estimate of drug-likeness (QED) is 0.535. The molecule has 2 unspecified atom stereocenters. The van der Waals surface area contributed by atoms with Crippen molar-refractivity contribution in [2.75, 3.05) is 26.7 Å². The van der Waals surface area contributed by atoms with Crippen molar-refractivity contribution >= 4 is 17.7 Å². The van der Waals surface area contributed by atoms with Gasteiger partial charge in [-0.2, -0.15) is 0 Å². The molecule has 2 fully saturated rings. The SMILES string of the molecule is C/C(=C\[C@H](C(C)C)N(C)C(=O)C(NC(=O)C1CCCCN1C(C)C)C(C)C)C(=O)N1CCC1. The number of carbonyl (C=O) groups is 3. The van der Waals surface area contributed by atoms with E-state index in [1.54, 1.807) is 11.9 Å². The van der Waals surface area contributed by atoms with Crippen LogP contribution in [0.5, 0.6) is 0 Å². The largest absolute Gasteiger partial charge is 0.343 e. The lowest BCUT2D eigenvalue weighted by Crippen LogP contribution is -2.58. The Balaban J connectivity index is 2.16. The topological polar surface area (TPSA) is 73.0 Å². The van der Waals surface area contributed by atoms with Gasteiger partial charge in [0.05, 0.1) is 12.1 Å². The molecule has 1 N–H and O–H groups in total. The number of piperidine rings is 1. The van der Waals surface area contributed by atoms with Gasteiger partial charge in [-0.15, -0.1) is 0 Å². The fraction of sp³-hybridized carbons (Fsp3) is 0.808. The molecule has 33 heavy (non-hydrogen) atoms. The van der Waals surface area contributed by atoms with Crippen LogP contribution in [0.15, 0.2) is 11.6 Å². The Morgan fingerprint density at radius 3 is 2.06 bits per heavy atom. The first-order valence-electron chi connectivity index (χ1n) is 12.8. The normalized spacial score (nSPS) is 21.7. The van der Waals surface area contributed by atoms with E-state index in [0.717, 1.165) is 45.3 Å². The molecule has 0 saturated carbocycles. The predicted molar refractivity (Wildman–Crippen MR) is 133 cm³/mol. The van der Waals surface area contributed by atoms with Gasteiger partial charge in [-0.25, -0.2) is 0 Å². The van der Waals surface area contributed by atoms with Crippen LogP contribution < -0.4 is 5.32 Å². The van der Waals surface area contributed by atoms with Gasteiger partial charge in [-0.1, -0.05) is 40.2 Å². The Labute approximate surface area is 200 Å². The summed E-state index contributed by atoms with van der Waals surface area (Å²) in [5.74, 6) is -0.0152. The molecule has 7 nitrogen and oxygen atoms in total. The maximum absolute atomic E-state index is 13.6. The van der Waals surface area contributed by atoms with Gasteiger partial charge in [0.1, 0.15) is 6.04 Å². The lowest BCUT2D eigenvalue weighted by Gasteiger charge is -2.39. The van der Waals surface area contributed by atoms with E-state index in [1.807, 2.05) is 31.7 Å². The molecule has 7 heteroatoms. The summed E-state index contributed by atoms with van der Waals surface area (Å²) in [6, 6.07) is -0.711. The van der Waals surface area contributed by atoms with Gasteiger partial charge < -0.3 is 15.1 Å². The highest BCUT2D eigenvalue weighted by molar-refractivity contribution is 5.94. The predicted octanol–water partition coefficient (Wildman–Crippen LogP) is 3.05. The van der Waals surface area contributed by atoms with E-state index in [-0.39, 0.29) is 41.6 Å². The first-order chi connectivity index (χ1) is 15.5. The van der Waals surface area contributed by atoms with Gasteiger partial charge in [0.15, 0.2) is 0 Å². The third-order valence-electron chi connectivity index (χ3n) is 7.12. The van der Waals surface area contributed by atoms with Crippen LogP contribution in [0.4, 0.5) is 0 Å². The number of likely N-dealkylation sites (tertiary alicyclic amines) is 2. The van der Waals surface area contributed by atoms with E-state index < -0.39 is 6.04 Å². The van der Waals surface area contributed by atoms with E-state index in [9.17, 15) is 14.4 Å². The van der Waals surface area contributed by atoms with Crippen molar-refractivity contribution in [3.8, 4) is 0 Å². The maximum Gasteiger partial charge on any atom is 0.249 e. The van der Waals surface area contributed by atoms with Crippen molar-refractivity contribution < 1.29 is 14.4 Å². The Bertz CT molecular complexity index is 727. The summed E-state index contributed by atoms with van der Waals surface area (Å²) in [5.41, 5.74) is 0.674. The number of likely N-dealkylation sites (N-methyl/N-ethyl adjacent to an activating group) is 1. The number of hydrogen-bond donors (Lipinski definition) is 1.